The zero-order chi connectivity index (χ0) is 14.1. The lowest BCUT2D eigenvalue weighted by atomic mass is 10.0. The number of ketones is 1. The highest BCUT2D eigenvalue weighted by Gasteiger charge is 2.12. The average molecular weight is 285 g/mol. The van der Waals surface area contributed by atoms with E-state index in [4.69, 9.17) is 11.6 Å². The minimum Gasteiger partial charge on any atom is -0.294 e. The first kappa shape index (κ1) is 16.2. The van der Waals surface area contributed by atoms with Crippen LogP contribution in [0.25, 0.3) is 0 Å². The molecule has 0 aliphatic heterocycles. The maximum Gasteiger partial charge on any atom is 0.164 e. The molecule has 0 spiro atoms. The summed E-state index contributed by atoms with van der Waals surface area (Å²) in [6.45, 7) is 2.20. The molecule has 1 rings (SSSR count). The van der Waals surface area contributed by atoms with E-state index < -0.39 is 5.82 Å². The molecule has 106 valence electrons. The van der Waals surface area contributed by atoms with Gasteiger partial charge in [-0.2, -0.15) is 0 Å². The van der Waals surface area contributed by atoms with Crippen molar-refractivity contribution < 1.29 is 9.18 Å². The fourth-order valence-electron chi connectivity index (χ4n) is 2.10. The molecule has 1 aromatic carbocycles. The number of hydrogen-bond donors (Lipinski definition) is 0. The molecule has 0 saturated carbocycles. The van der Waals surface area contributed by atoms with Crippen molar-refractivity contribution >= 4 is 17.4 Å². The molecule has 1 aromatic rings. The van der Waals surface area contributed by atoms with Gasteiger partial charge in [0.15, 0.2) is 5.78 Å². The molecule has 0 N–H and O–H groups in total. The van der Waals surface area contributed by atoms with Crippen LogP contribution in [0.4, 0.5) is 4.39 Å². The third kappa shape index (κ3) is 5.73. The van der Waals surface area contributed by atoms with Crippen molar-refractivity contribution in [1.29, 1.82) is 0 Å². The summed E-state index contributed by atoms with van der Waals surface area (Å²) < 4.78 is 13.2. The molecule has 0 aliphatic rings. The highest BCUT2D eigenvalue weighted by Crippen LogP contribution is 2.22. The van der Waals surface area contributed by atoms with Gasteiger partial charge in [-0.15, -0.1) is 0 Å². The van der Waals surface area contributed by atoms with Crippen LogP contribution >= 0.6 is 11.6 Å². The first-order valence-corrected chi connectivity index (χ1v) is 7.51. The van der Waals surface area contributed by atoms with Gasteiger partial charge in [0.05, 0.1) is 5.02 Å². The van der Waals surface area contributed by atoms with E-state index in [1.807, 2.05) is 0 Å². The van der Waals surface area contributed by atoms with Crippen LogP contribution in [-0.4, -0.2) is 5.78 Å². The predicted molar refractivity (Wildman–Crippen MR) is 78.4 cm³/mol. The van der Waals surface area contributed by atoms with Crippen LogP contribution in [0.2, 0.25) is 5.02 Å². The number of carbonyl (C=O) groups is 1. The fraction of sp³-hybridized carbons (Fsp3) is 0.562. The lowest BCUT2D eigenvalue weighted by molar-refractivity contribution is 0.0979. The van der Waals surface area contributed by atoms with E-state index in [0.29, 0.717) is 12.0 Å². The van der Waals surface area contributed by atoms with Crippen LogP contribution in [0.5, 0.6) is 0 Å². The molecule has 0 aromatic heterocycles. The zero-order valence-electron chi connectivity index (χ0n) is 11.6. The molecule has 0 saturated heterocycles. The molecule has 3 heteroatoms. The molecule has 0 atom stereocenters. The summed E-state index contributed by atoms with van der Waals surface area (Å²) in [7, 11) is 0. The van der Waals surface area contributed by atoms with Gasteiger partial charge in [0.25, 0.3) is 0 Å². The molecular weight excluding hydrogens is 263 g/mol. The van der Waals surface area contributed by atoms with Gasteiger partial charge in [-0.1, -0.05) is 63.1 Å². The van der Waals surface area contributed by atoms with Crippen molar-refractivity contribution in [1.82, 2.24) is 0 Å². The number of halogens is 2. The number of rotatable bonds is 9. The Kier molecular flexibility index (Phi) is 7.73. The molecule has 0 unspecified atom stereocenters. The SMILES string of the molecule is CCCCCCCCCC(=O)c1cccc(F)c1Cl. The van der Waals surface area contributed by atoms with Crippen LogP contribution in [0.1, 0.15) is 68.6 Å². The smallest absolute Gasteiger partial charge is 0.164 e. The Labute approximate surface area is 120 Å². The average Bonchev–Trinajstić information content (AvgIpc) is 2.40. The Morgan fingerprint density at radius 3 is 2.42 bits per heavy atom. The minimum atomic E-state index is -0.521. The predicted octanol–water partition coefficient (Wildman–Crippen LogP) is 5.80. The molecule has 0 bridgehead atoms. The van der Waals surface area contributed by atoms with Crippen LogP contribution < -0.4 is 0 Å². The van der Waals surface area contributed by atoms with E-state index in [1.54, 1.807) is 6.07 Å². The lowest BCUT2D eigenvalue weighted by Crippen LogP contribution is -2.01. The third-order valence-electron chi connectivity index (χ3n) is 3.26. The van der Waals surface area contributed by atoms with Crippen molar-refractivity contribution in [3.05, 3.63) is 34.6 Å². The summed E-state index contributed by atoms with van der Waals surface area (Å²) in [4.78, 5) is 11.9. The molecular formula is C16H22ClFO. The van der Waals surface area contributed by atoms with Gasteiger partial charge < -0.3 is 0 Å². The first-order chi connectivity index (χ1) is 9.16. The molecule has 0 fully saturated rings. The van der Waals surface area contributed by atoms with Gasteiger partial charge in [-0.3, -0.25) is 4.79 Å². The van der Waals surface area contributed by atoms with E-state index in [1.165, 1.54) is 44.2 Å². The Bertz CT molecular complexity index is 404. The topological polar surface area (TPSA) is 17.1 Å². The summed E-state index contributed by atoms with van der Waals surface area (Å²) in [5, 5.41) is -0.0459. The molecule has 0 heterocycles. The number of unbranched alkanes of at least 4 members (excludes halogenated alkanes) is 6. The summed E-state index contributed by atoms with van der Waals surface area (Å²) in [6, 6.07) is 4.39. The number of benzene rings is 1. The number of hydrogen-bond acceptors (Lipinski definition) is 1. The molecule has 0 amide bonds. The van der Waals surface area contributed by atoms with Gasteiger partial charge in [-0.25, -0.2) is 4.39 Å². The summed E-state index contributed by atoms with van der Waals surface area (Å²) in [5.41, 5.74) is 0.313. The second-order valence-electron chi connectivity index (χ2n) is 4.90. The summed E-state index contributed by atoms with van der Waals surface area (Å²) in [5.74, 6) is -0.579. The quantitative estimate of drug-likeness (QED) is 0.413. The maximum atomic E-state index is 13.2. The van der Waals surface area contributed by atoms with Gasteiger partial charge in [-0.05, 0) is 18.6 Å². The van der Waals surface area contributed by atoms with Gasteiger partial charge in [0, 0.05) is 12.0 Å². The molecule has 0 radical (unpaired) electrons. The molecule has 1 nitrogen and oxygen atoms in total. The van der Waals surface area contributed by atoms with E-state index in [-0.39, 0.29) is 10.8 Å². The zero-order valence-corrected chi connectivity index (χ0v) is 12.3. The summed E-state index contributed by atoms with van der Waals surface area (Å²) >= 11 is 5.79. The monoisotopic (exact) mass is 284 g/mol. The molecule has 0 aliphatic carbocycles. The van der Waals surface area contributed by atoms with Crippen molar-refractivity contribution in [3.63, 3.8) is 0 Å². The standard InChI is InChI=1S/C16H22ClFO/c1-2-3-4-5-6-7-8-12-15(19)13-10-9-11-14(18)16(13)17/h9-11H,2-8,12H2,1H3. The normalized spacial score (nSPS) is 10.7. The van der Waals surface area contributed by atoms with Crippen LogP contribution in [0.15, 0.2) is 18.2 Å². The first-order valence-electron chi connectivity index (χ1n) is 7.14. The van der Waals surface area contributed by atoms with E-state index in [9.17, 15) is 9.18 Å². The van der Waals surface area contributed by atoms with Crippen LogP contribution in [-0.2, 0) is 0 Å². The van der Waals surface area contributed by atoms with Crippen LogP contribution in [0.3, 0.4) is 0 Å². The Morgan fingerprint density at radius 1 is 1.11 bits per heavy atom. The highest BCUT2D eigenvalue weighted by atomic mass is 35.5. The third-order valence-corrected chi connectivity index (χ3v) is 3.64. The maximum absolute atomic E-state index is 13.2. The minimum absolute atomic E-state index is 0.0459. The fourth-order valence-corrected chi connectivity index (χ4v) is 2.33. The van der Waals surface area contributed by atoms with E-state index in [0.717, 1.165) is 12.8 Å². The van der Waals surface area contributed by atoms with Crippen molar-refractivity contribution in [2.75, 3.05) is 0 Å². The lowest BCUT2D eigenvalue weighted by Gasteiger charge is -2.04. The number of Topliss-reactive ketones (excluding diaryl/α,β-unsaturated/α-hetero) is 1. The van der Waals surface area contributed by atoms with Gasteiger partial charge in [0.2, 0.25) is 0 Å². The van der Waals surface area contributed by atoms with Gasteiger partial charge >= 0.3 is 0 Å². The van der Waals surface area contributed by atoms with Crippen molar-refractivity contribution in [3.8, 4) is 0 Å². The van der Waals surface area contributed by atoms with Crippen LogP contribution in [0, 0.1) is 5.82 Å². The largest absolute Gasteiger partial charge is 0.294 e. The Hall–Kier alpha value is -0.890. The Morgan fingerprint density at radius 2 is 1.74 bits per heavy atom. The second-order valence-corrected chi connectivity index (χ2v) is 5.27. The summed E-state index contributed by atoms with van der Waals surface area (Å²) in [6.07, 6.45) is 8.60. The highest BCUT2D eigenvalue weighted by molar-refractivity contribution is 6.34. The van der Waals surface area contributed by atoms with Crippen molar-refractivity contribution in [2.24, 2.45) is 0 Å². The van der Waals surface area contributed by atoms with Gasteiger partial charge in [0.1, 0.15) is 5.82 Å². The second kappa shape index (κ2) is 9.08. The molecule has 19 heavy (non-hydrogen) atoms. The van der Waals surface area contributed by atoms with E-state index in [2.05, 4.69) is 6.92 Å². The number of carbonyl (C=O) groups excluding carboxylic acids is 1. The Balaban J connectivity index is 2.26. The van der Waals surface area contributed by atoms with E-state index >= 15 is 0 Å². The van der Waals surface area contributed by atoms with Crippen molar-refractivity contribution in [2.45, 2.75) is 58.3 Å².